The highest BCUT2D eigenvalue weighted by molar-refractivity contribution is 6.12. The summed E-state index contributed by atoms with van der Waals surface area (Å²) in [6, 6.07) is 0. The van der Waals surface area contributed by atoms with Crippen molar-refractivity contribution in [1.82, 2.24) is 0 Å². The van der Waals surface area contributed by atoms with E-state index < -0.39 is 0 Å². The van der Waals surface area contributed by atoms with Crippen LogP contribution in [0.1, 0.15) is 20.3 Å². The van der Waals surface area contributed by atoms with Gasteiger partial charge in [0, 0.05) is 0 Å². The van der Waals surface area contributed by atoms with Crippen LogP contribution in [0.5, 0.6) is 0 Å². The van der Waals surface area contributed by atoms with Crippen LogP contribution in [0.4, 0.5) is 0 Å². The Morgan fingerprint density at radius 2 is 2.17 bits per heavy atom. The lowest BCUT2D eigenvalue weighted by Crippen LogP contribution is -2.09. The summed E-state index contributed by atoms with van der Waals surface area (Å²) in [6.45, 7) is 8.16. The van der Waals surface area contributed by atoms with E-state index in [2.05, 4.69) is 38.7 Å². The molecule has 0 nitrogen and oxygen atoms in total. The van der Waals surface area contributed by atoms with Crippen molar-refractivity contribution in [1.29, 1.82) is 0 Å². The number of rotatable bonds is 2. The summed E-state index contributed by atoms with van der Waals surface area (Å²) >= 11 is 0. The molecule has 0 aromatic rings. The van der Waals surface area contributed by atoms with E-state index in [1.165, 1.54) is 0 Å². The number of allylic oxidation sites excluding steroid dienone is 3. The van der Waals surface area contributed by atoms with Crippen LogP contribution in [0.15, 0.2) is 24.8 Å². The quantitative estimate of drug-likeness (QED) is 0.430. The van der Waals surface area contributed by atoms with Crippen molar-refractivity contribution in [3.63, 3.8) is 0 Å². The van der Waals surface area contributed by atoms with Crippen LogP contribution < -0.4 is 0 Å². The summed E-state index contributed by atoms with van der Waals surface area (Å²) in [5, 5.41) is 0. The zero-order valence-electron chi connectivity index (χ0n) is 8.03. The smallest absolute Gasteiger partial charge is 0.0703 e. The molecule has 0 saturated heterocycles. The summed E-state index contributed by atoms with van der Waals surface area (Å²) in [5.74, 6) is 2.14. The van der Waals surface area contributed by atoms with E-state index >= 15 is 0 Å². The van der Waals surface area contributed by atoms with Gasteiger partial charge in [-0.2, -0.15) is 0 Å². The van der Waals surface area contributed by atoms with Gasteiger partial charge in [0.05, 0.1) is 7.85 Å². The molecular formula is C11H17B. The molecule has 1 aliphatic rings. The second-order valence-corrected chi connectivity index (χ2v) is 3.76. The molecule has 2 radical (unpaired) electrons. The molecule has 0 amide bonds. The summed E-state index contributed by atoms with van der Waals surface area (Å²) in [4.78, 5) is 0. The van der Waals surface area contributed by atoms with Gasteiger partial charge in [-0.25, -0.2) is 0 Å². The van der Waals surface area contributed by atoms with Gasteiger partial charge in [-0.1, -0.05) is 37.4 Å². The molecule has 1 aliphatic carbocycles. The highest BCUT2D eigenvalue weighted by Crippen LogP contribution is 2.44. The Hall–Kier alpha value is -0.455. The Balaban J connectivity index is 2.71. The van der Waals surface area contributed by atoms with Crippen LogP contribution in [-0.2, 0) is 0 Å². The van der Waals surface area contributed by atoms with E-state index in [1.54, 1.807) is 0 Å². The van der Waals surface area contributed by atoms with Crippen molar-refractivity contribution in [3.8, 4) is 0 Å². The van der Waals surface area contributed by atoms with Crippen LogP contribution in [0, 0.1) is 17.8 Å². The lowest BCUT2D eigenvalue weighted by Gasteiger charge is -2.16. The van der Waals surface area contributed by atoms with Gasteiger partial charge >= 0.3 is 0 Å². The standard InChI is InChI=1S/C11H17B/c1-4-6-9-7-11(12)8(3)10(9)5-2/h4-6,8-11H,2,7H2,1,3H3/b6-4+. The molecule has 64 valence electrons. The first-order valence-corrected chi connectivity index (χ1v) is 4.71. The highest BCUT2D eigenvalue weighted by Gasteiger charge is 2.34. The third kappa shape index (κ3) is 1.65. The van der Waals surface area contributed by atoms with Crippen molar-refractivity contribution in [2.24, 2.45) is 17.8 Å². The zero-order chi connectivity index (χ0) is 9.14. The van der Waals surface area contributed by atoms with Gasteiger partial charge in [0.25, 0.3) is 0 Å². The Morgan fingerprint density at radius 1 is 1.50 bits per heavy atom. The molecule has 4 atom stereocenters. The average Bonchev–Trinajstić information content (AvgIpc) is 2.29. The van der Waals surface area contributed by atoms with Crippen molar-refractivity contribution >= 4 is 7.85 Å². The van der Waals surface area contributed by atoms with Crippen LogP contribution in [0.3, 0.4) is 0 Å². The molecule has 1 heteroatoms. The van der Waals surface area contributed by atoms with Crippen molar-refractivity contribution < 1.29 is 0 Å². The molecule has 1 saturated carbocycles. The zero-order valence-corrected chi connectivity index (χ0v) is 8.03. The van der Waals surface area contributed by atoms with Gasteiger partial charge in [0.15, 0.2) is 0 Å². The first kappa shape index (κ1) is 9.63. The van der Waals surface area contributed by atoms with Gasteiger partial charge in [-0.05, 0) is 24.7 Å². The minimum atomic E-state index is 0.356. The van der Waals surface area contributed by atoms with Crippen molar-refractivity contribution in [2.75, 3.05) is 0 Å². The van der Waals surface area contributed by atoms with E-state index in [1.807, 2.05) is 0 Å². The highest BCUT2D eigenvalue weighted by atomic mass is 14.4. The maximum absolute atomic E-state index is 5.98. The normalized spacial score (nSPS) is 42.2. The Kier molecular flexibility index (Phi) is 3.19. The number of hydrogen-bond donors (Lipinski definition) is 0. The van der Waals surface area contributed by atoms with Crippen molar-refractivity contribution in [3.05, 3.63) is 24.8 Å². The fourth-order valence-electron chi connectivity index (χ4n) is 2.20. The minimum Gasteiger partial charge on any atom is -0.103 e. The minimum absolute atomic E-state index is 0.356. The van der Waals surface area contributed by atoms with E-state index in [-0.39, 0.29) is 0 Å². The average molecular weight is 160 g/mol. The van der Waals surface area contributed by atoms with Crippen molar-refractivity contribution in [2.45, 2.75) is 26.1 Å². The lowest BCUT2D eigenvalue weighted by molar-refractivity contribution is 0.455. The predicted molar refractivity (Wildman–Crippen MR) is 55.3 cm³/mol. The van der Waals surface area contributed by atoms with E-state index in [0.29, 0.717) is 23.6 Å². The van der Waals surface area contributed by atoms with Gasteiger partial charge in [-0.3, -0.25) is 0 Å². The Bertz CT molecular complexity index is 183. The van der Waals surface area contributed by atoms with Crippen LogP contribution in [-0.4, -0.2) is 7.85 Å². The summed E-state index contributed by atoms with van der Waals surface area (Å²) < 4.78 is 0. The molecule has 0 bridgehead atoms. The summed E-state index contributed by atoms with van der Waals surface area (Å²) in [7, 11) is 5.98. The first-order chi connectivity index (χ1) is 5.70. The molecule has 0 heterocycles. The maximum Gasteiger partial charge on any atom is 0.0703 e. The van der Waals surface area contributed by atoms with Crippen LogP contribution in [0.25, 0.3) is 0 Å². The number of hydrogen-bond acceptors (Lipinski definition) is 0. The van der Waals surface area contributed by atoms with E-state index in [0.717, 1.165) is 6.42 Å². The fraction of sp³-hybridized carbons (Fsp3) is 0.636. The SMILES string of the molecule is [B]C1CC(/C=C/C)C(C=C)C1C. The molecule has 12 heavy (non-hydrogen) atoms. The summed E-state index contributed by atoms with van der Waals surface area (Å²) in [6.07, 6.45) is 7.55. The molecule has 1 rings (SSSR count). The van der Waals surface area contributed by atoms with Gasteiger partial charge < -0.3 is 0 Å². The predicted octanol–water partition coefficient (Wildman–Crippen LogP) is 2.98. The topological polar surface area (TPSA) is 0 Å². The third-order valence-corrected chi connectivity index (χ3v) is 3.03. The fourth-order valence-corrected chi connectivity index (χ4v) is 2.20. The van der Waals surface area contributed by atoms with Gasteiger partial charge in [-0.15, -0.1) is 6.58 Å². The van der Waals surface area contributed by atoms with E-state index in [9.17, 15) is 0 Å². The van der Waals surface area contributed by atoms with Gasteiger partial charge in [0.2, 0.25) is 0 Å². The van der Waals surface area contributed by atoms with Crippen LogP contribution >= 0.6 is 0 Å². The molecule has 0 spiro atoms. The van der Waals surface area contributed by atoms with Crippen LogP contribution in [0.2, 0.25) is 5.82 Å². The van der Waals surface area contributed by atoms with Gasteiger partial charge in [0.1, 0.15) is 0 Å². The molecule has 1 fully saturated rings. The second-order valence-electron chi connectivity index (χ2n) is 3.76. The Labute approximate surface area is 77.2 Å². The molecule has 4 unspecified atom stereocenters. The first-order valence-electron chi connectivity index (χ1n) is 4.71. The largest absolute Gasteiger partial charge is 0.103 e. The molecule has 0 N–H and O–H groups in total. The monoisotopic (exact) mass is 160 g/mol. The second kappa shape index (κ2) is 3.98. The third-order valence-electron chi connectivity index (χ3n) is 3.03. The maximum atomic E-state index is 5.98. The molecular weight excluding hydrogens is 143 g/mol. The Morgan fingerprint density at radius 3 is 2.67 bits per heavy atom. The molecule has 0 aliphatic heterocycles. The van der Waals surface area contributed by atoms with E-state index in [4.69, 9.17) is 7.85 Å². The molecule has 0 aromatic carbocycles. The molecule has 0 aromatic heterocycles. The summed E-state index contributed by atoms with van der Waals surface area (Å²) in [5.41, 5.74) is 0. The lowest BCUT2D eigenvalue weighted by atomic mass is 9.78.